The van der Waals surface area contributed by atoms with Crippen LogP contribution in [0.5, 0.6) is 5.75 Å². The Bertz CT molecular complexity index is 1250. The fourth-order valence-corrected chi connectivity index (χ4v) is 5.84. The van der Waals surface area contributed by atoms with Crippen molar-refractivity contribution in [3.8, 4) is 5.75 Å². The smallest absolute Gasteiger partial charge is 0.316 e. The number of urea groups is 1. The summed E-state index contributed by atoms with van der Waals surface area (Å²) in [5.74, 6) is -9.19. The van der Waals surface area contributed by atoms with Crippen molar-refractivity contribution in [2.75, 3.05) is 19.4 Å². The van der Waals surface area contributed by atoms with Crippen LogP contribution < -0.4 is 16.8 Å². The SMILES string of the molecule is C[C@H]1c2ccc(NC(N)=O)c(O)c2C(=O)C2=C(O)C3C(=O)C(C(N)=O)=C(O)[C@@H](N(C)C)C3[C@@H](O)C21. The summed E-state index contributed by atoms with van der Waals surface area (Å²) in [4.78, 5) is 51.6. The molecule has 0 aliphatic heterocycles. The molecule has 1 aromatic carbocycles. The lowest BCUT2D eigenvalue weighted by Crippen LogP contribution is -2.59. The van der Waals surface area contributed by atoms with Crippen molar-refractivity contribution in [1.29, 1.82) is 0 Å². The molecule has 9 N–H and O–H groups in total. The number of benzene rings is 1. The number of nitrogens with two attached hydrogens (primary N) is 2. The number of primary amides is 2. The van der Waals surface area contributed by atoms with Crippen molar-refractivity contribution in [3.63, 3.8) is 0 Å². The Hall–Kier alpha value is -3.90. The molecule has 0 spiro atoms. The second kappa shape index (κ2) is 8.10. The second-order valence-corrected chi connectivity index (χ2v) is 9.30. The van der Waals surface area contributed by atoms with Crippen LogP contribution in [0.3, 0.4) is 0 Å². The highest BCUT2D eigenvalue weighted by Crippen LogP contribution is 2.54. The van der Waals surface area contributed by atoms with Gasteiger partial charge in [-0.25, -0.2) is 4.79 Å². The van der Waals surface area contributed by atoms with Gasteiger partial charge in [0.25, 0.3) is 5.91 Å². The van der Waals surface area contributed by atoms with E-state index in [2.05, 4.69) is 5.32 Å². The quantitative estimate of drug-likeness (QED) is 0.226. The molecular weight excluding hydrogens is 460 g/mol. The number of aromatic hydroxyl groups is 1. The number of aliphatic hydroxyl groups is 3. The average Bonchev–Trinajstić information content (AvgIpc) is 2.74. The third-order valence-electron chi connectivity index (χ3n) is 7.25. The molecule has 0 saturated heterocycles. The minimum Gasteiger partial charge on any atom is -0.511 e. The predicted molar refractivity (Wildman–Crippen MR) is 122 cm³/mol. The van der Waals surface area contributed by atoms with Gasteiger partial charge < -0.3 is 37.2 Å². The standard InChI is InChI=1S/C23H26N4O8/c1-6-7-4-5-8(26-23(25)35)16(28)10(7)18(30)12-9(6)17(29)11-13(19(12)31)20(32)14(22(24)34)21(33)15(11)27(2)3/h4-6,9,11,13,15,17,28-29,31,33H,1-3H3,(H2,24,34)(H3,25,26,35)/t6-,9?,11?,13?,15-,17-/m0/s1. The Balaban J connectivity index is 1.96. The molecule has 12 nitrogen and oxygen atoms in total. The van der Waals surface area contributed by atoms with Crippen LogP contribution in [0.4, 0.5) is 10.5 Å². The van der Waals surface area contributed by atoms with E-state index in [1.165, 1.54) is 17.0 Å². The number of rotatable bonds is 3. The van der Waals surface area contributed by atoms with Gasteiger partial charge in [-0.15, -0.1) is 0 Å². The molecule has 3 aliphatic rings. The lowest BCUT2D eigenvalue weighted by atomic mass is 9.57. The summed E-state index contributed by atoms with van der Waals surface area (Å²) in [6, 6.07) is 0.821. The minimum absolute atomic E-state index is 0.130. The fraction of sp³-hybridized carbons (Fsp3) is 0.391. The van der Waals surface area contributed by atoms with Crippen molar-refractivity contribution in [2.45, 2.75) is 25.0 Å². The maximum absolute atomic E-state index is 13.6. The molecule has 3 aliphatic carbocycles. The first-order valence-electron chi connectivity index (χ1n) is 10.8. The molecule has 0 heterocycles. The number of nitrogens with one attached hydrogen (secondary N) is 1. The van der Waals surface area contributed by atoms with Crippen LogP contribution in [-0.4, -0.2) is 75.1 Å². The molecule has 0 aromatic heterocycles. The summed E-state index contributed by atoms with van der Waals surface area (Å²) in [6.07, 6.45) is -1.41. The van der Waals surface area contributed by atoms with E-state index in [1.54, 1.807) is 21.0 Å². The number of phenols is 1. The maximum Gasteiger partial charge on any atom is 0.316 e. The van der Waals surface area contributed by atoms with Crippen LogP contribution in [0.2, 0.25) is 0 Å². The maximum atomic E-state index is 13.6. The number of amides is 3. The highest BCUT2D eigenvalue weighted by molar-refractivity contribution is 6.22. The Morgan fingerprint density at radius 2 is 1.69 bits per heavy atom. The average molecular weight is 486 g/mol. The van der Waals surface area contributed by atoms with Gasteiger partial charge in [-0.1, -0.05) is 13.0 Å². The summed E-state index contributed by atoms with van der Waals surface area (Å²) in [6.45, 7) is 1.67. The van der Waals surface area contributed by atoms with E-state index in [4.69, 9.17) is 11.5 Å². The summed E-state index contributed by atoms with van der Waals surface area (Å²) >= 11 is 0. The number of hydrogen-bond acceptors (Lipinski definition) is 9. The number of nitrogens with zero attached hydrogens (tertiary/aromatic N) is 1. The van der Waals surface area contributed by atoms with Crippen molar-refractivity contribution < 1.29 is 39.6 Å². The Kier molecular flexibility index (Phi) is 5.61. The molecule has 0 bridgehead atoms. The number of phenolic OH excluding ortho intramolecular Hbond substituents is 1. The number of anilines is 1. The highest BCUT2D eigenvalue weighted by Gasteiger charge is 2.59. The first-order valence-corrected chi connectivity index (χ1v) is 10.8. The fourth-order valence-electron chi connectivity index (χ4n) is 5.84. The van der Waals surface area contributed by atoms with E-state index in [-0.39, 0.29) is 16.8 Å². The number of carbonyl (C=O) groups is 4. The third kappa shape index (κ3) is 3.28. The first kappa shape index (κ1) is 24.2. The monoisotopic (exact) mass is 486 g/mol. The Morgan fingerprint density at radius 3 is 2.23 bits per heavy atom. The number of ketones is 2. The van der Waals surface area contributed by atoms with E-state index in [9.17, 15) is 39.6 Å². The molecule has 0 fully saturated rings. The number of Topliss-reactive ketones (excluding diaryl/α,β-unsaturated/α-hetero) is 2. The second-order valence-electron chi connectivity index (χ2n) is 9.30. The zero-order valence-corrected chi connectivity index (χ0v) is 19.1. The van der Waals surface area contributed by atoms with Crippen LogP contribution in [0.15, 0.2) is 34.8 Å². The van der Waals surface area contributed by atoms with Gasteiger partial charge >= 0.3 is 6.03 Å². The highest BCUT2D eigenvalue weighted by atomic mass is 16.3. The van der Waals surface area contributed by atoms with Crippen molar-refractivity contribution in [2.24, 2.45) is 29.2 Å². The Labute approximate surface area is 199 Å². The zero-order chi connectivity index (χ0) is 26.1. The van der Waals surface area contributed by atoms with Crippen molar-refractivity contribution >= 4 is 29.2 Å². The lowest BCUT2D eigenvalue weighted by molar-refractivity contribution is -0.131. The van der Waals surface area contributed by atoms with E-state index >= 15 is 0 Å². The molecule has 4 rings (SSSR count). The molecule has 12 heteroatoms. The predicted octanol–water partition coefficient (Wildman–Crippen LogP) is 0.0281. The number of likely N-dealkylation sites (N-methyl/N-ethyl adjacent to an activating group) is 1. The third-order valence-corrected chi connectivity index (χ3v) is 7.25. The van der Waals surface area contributed by atoms with Gasteiger partial charge in [0.05, 0.1) is 29.3 Å². The molecule has 6 atom stereocenters. The summed E-state index contributed by atoms with van der Waals surface area (Å²) in [5, 5.41) is 46.5. The topological polar surface area (TPSA) is 217 Å². The van der Waals surface area contributed by atoms with Gasteiger partial charge in [-0.05, 0) is 31.6 Å². The Morgan fingerprint density at radius 1 is 1.06 bits per heavy atom. The minimum atomic E-state index is -1.53. The van der Waals surface area contributed by atoms with Gasteiger partial charge in [0, 0.05) is 17.4 Å². The van der Waals surface area contributed by atoms with E-state index in [0.717, 1.165) is 0 Å². The molecule has 3 amide bonds. The molecule has 0 saturated carbocycles. The molecular formula is C23H26N4O8. The van der Waals surface area contributed by atoms with Crippen molar-refractivity contribution in [3.05, 3.63) is 45.9 Å². The number of carbonyl (C=O) groups excluding carboxylic acids is 4. The first-order chi connectivity index (χ1) is 16.3. The van der Waals surface area contributed by atoms with Crippen molar-refractivity contribution in [1.82, 2.24) is 4.90 Å². The van der Waals surface area contributed by atoms with Gasteiger partial charge in [0.15, 0.2) is 17.3 Å². The zero-order valence-electron chi connectivity index (χ0n) is 19.1. The lowest BCUT2D eigenvalue weighted by Gasteiger charge is -2.50. The number of allylic oxidation sites excluding steroid dienone is 1. The van der Waals surface area contributed by atoms with Crippen LogP contribution in [0.1, 0.15) is 28.8 Å². The largest absolute Gasteiger partial charge is 0.511 e. The van der Waals surface area contributed by atoms with E-state index < -0.39 is 82.2 Å². The number of fused-ring (bicyclic) bond motifs is 3. The molecule has 1 aromatic rings. The number of aliphatic hydroxyl groups excluding tert-OH is 3. The van der Waals surface area contributed by atoms with Crippen LogP contribution in [0, 0.1) is 17.8 Å². The molecule has 35 heavy (non-hydrogen) atoms. The molecule has 186 valence electrons. The number of hydrogen-bond donors (Lipinski definition) is 7. The van der Waals surface area contributed by atoms with Crippen LogP contribution in [0.25, 0.3) is 0 Å². The summed E-state index contributed by atoms with van der Waals surface area (Å²) < 4.78 is 0. The van der Waals surface area contributed by atoms with Gasteiger partial charge in [-0.2, -0.15) is 0 Å². The van der Waals surface area contributed by atoms with E-state index in [0.29, 0.717) is 5.56 Å². The van der Waals surface area contributed by atoms with E-state index in [1.807, 2.05) is 0 Å². The summed E-state index contributed by atoms with van der Waals surface area (Å²) in [5.41, 5.74) is 9.45. The molecule has 0 radical (unpaired) electrons. The van der Waals surface area contributed by atoms with Gasteiger partial charge in [0.2, 0.25) is 0 Å². The molecule has 3 unspecified atom stereocenters. The normalized spacial score (nSPS) is 30.1. The van der Waals surface area contributed by atoms with Gasteiger partial charge in [-0.3, -0.25) is 19.3 Å². The summed E-state index contributed by atoms with van der Waals surface area (Å²) in [7, 11) is 3.12. The van der Waals surface area contributed by atoms with Gasteiger partial charge in [0.1, 0.15) is 17.1 Å². The van der Waals surface area contributed by atoms with Crippen LogP contribution in [-0.2, 0) is 9.59 Å². The van der Waals surface area contributed by atoms with Crippen LogP contribution >= 0.6 is 0 Å².